The molecule has 0 unspecified atom stereocenters. The van der Waals surface area contributed by atoms with Crippen molar-refractivity contribution in [2.24, 2.45) is 15.6 Å². The van der Waals surface area contributed by atoms with Gasteiger partial charge in [-0.1, -0.05) is 18.2 Å². The van der Waals surface area contributed by atoms with Crippen LogP contribution < -0.4 is 11.5 Å². The number of nitrogens with one attached hydrogen (secondary N) is 1. The van der Waals surface area contributed by atoms with Gasteiger partial charge >= 0.3 is 0 Å². The van der Waals surface area contributed by atoms with Crippen molar-refractivity contribution >= 4 is 17.1 Å². The first-order valence-corrected chi connectivity index (χ1v) is 5.23. The summed E-state index contributed by atoms with van der Waals surface area (Å²) in [6.45, 7) is 0. The van der Waals surface area contributed by atoms with Gasteiger partial charge in [0.05, 0.1) is 5.69 Å². The van der Waals surface area contributed by atoms with Gasteiger partial charge in [0.1, 0.15) is 5.69 Å². The molecule has 0 aliphatic rings. The number of hydrogen-bond acceptors (Lipinski definition) is 4. The summed E-state index contributed by atoms with van der Waals surface area (Å²) in [5.74, 6) is 0. The maximum absolute atomic E-state index is 6.57. The predicted octanol–water partition coefficient (Wildman–Crippen LogP) is 3.55. The Hall–Kier alpha value is -2.76. The van der Waals surface area contributed by atoms with Crippen LogP contribution in [0.3, 0.4) is 0 Å². The Morgan fingerprint density at radius 1 is 0.889 bits per heavy atom. The zero-order chi connectivity index (χ0) is 13.0. The summed E-state index contributed by atoms with van der Waals surface area (Å²) in [7, 11) is 0. The van der Waals surface area contributed by atoms with Crippen LogP contribution >= 0.6 is 0 Å². The zero-order valence-electron chi connectivity index (χ0n) is 9.54. The van der Waals surface area contributed by atoms with E-state index in [0.29, 0.717) is 17.1 Å². The van der Waals surface area contributed by atoms with E-state index < -0.39 is 0 Å². The standard InChI is InChI=1S/C12H12N6/c13-10-4-1-8(2-5-10)9-3-6-11(14)12(7-9)16-18-17-15/h1-7,15H,13-14H2. The second-order valence-electron chi connectivity index (χ2n) is 3.69. The molecule has 2 rings (SSSR count). The minimum atomic E-state index is 0.486. The fourth-order valence-electron chi connectivity index (χ4n) is 1.56. The number of hydrogen-bond donors (Lipinski definition) is 3. The molecule has 90 valence electrons. The normalized spacial score (nSPS) is 10.7. The summed E-state index contributed by atoms with van der Waals surface area (Å²) in [4.78, 5) is 0. The first kappa shape index (κ1) is 11.7. The molecule has 0 aromatic heterocycles. The van der Waals surface area contributed by atoms with E-state index in [0.717, 1.165) is 11.1 Å². The van der Waals surface area contributed by atoms with E-state index in [2.05, 4.69) is 15.6 Å². The van der Waals surface area contributed by atoms with E-state index in [1.165, 1.54) is 0 Å². The van der Waals surface area contributed by atoms with Crippen molar-refractivity contribution in [3.8, 4) is 11.1 Å². The summed E-state index contributed by atoms with van der Waals surface area (Å²) in [5.41, 5.74) is 21.6. The minimum Gasteiger partial charge on any atom is -0.399 e. The topological polar surface area (TPSA) is 113 Å². The Labute approximate surface area is 104 Å². The Balaban J connectivity index is 2.43. The molecule has 0 aliphatic heterocycles. The molecule has 2 aromatic carbocycles. The molecule has 0 saturated heterocycles. The largest absolute Gasteiger partial charge is 0.399 e. The maximum Gasteiger partial charge on any atom is 0.111 e. The van der Waals surface area contributed by atoms with E-state index in [1.54, 1.807) is 12.1 Å². The summed E-state index contributed by atoms with van der Waals surface area (Å²) < 4.78 is 0. The van der Waals surface area contributed by atoms with Crippen LogP contribution in [0.2, 0.25) is 0 Å². The molecule has 0 aliphatic carbocycles. The van der Waals surface area contributed by atoms with Gasteiger partial charge in [0.25, 0.3) is 0 Å². The van der Waals surface area contributed by atoms with Crippen LogP contribution in [0.15, 0.2) is 58.0 Å². The highest BCUT2D eigenvalue weighted by molar-refractivity contribution is 5.74. The van der Waals surface area contributed by atoms with Crippen LogP contribution in [0.4, 0.5) is 17.1 Å². The molecule has 0 radical (unpaired) electrons. The maximum atomic E-state index is 6.57. The predicted molar refractivity (Wildman–Crippen MR) is 70.4 cm³/mol. The SMILES string of the molecule is N=NN=Nc1cc(-c2ccc(N)cc2)ccc1N. The monoisotopic (exact) mass is 240 g/mol. The molecular formula is C12H12N6. The molecule has 0 fully saturated rings. The van der Waals surface area contributed by atoms with Crippen molar-refractivity contribution in [2.45, 2.75) is 0 Å². The molecular weight excluding hydrogens is 228 g/mol. The number of nitrogens with two attached hydrogens (primary N) is 2. The van der Waals surface area contributed by atoms with Crippen molar-refractivity contribution in [1.29, 1.82) is 5.53 Å². The summed E-state index contributed by atoms with van der Waals surface area (Å²) in [6.07, 6.45) is 0. The third kappa shape index (κ3) is 2.49. The van der Waals surface area contributed by atoms with E-state index in [9.17, 15) is 0 Å². The van der Waals surface area contributed by atoms with E-state index in [1.807, 2.05) is 30.3 Å². The fourth-order valence-corrected chi connectivity index (χ4v) is 1.56. The van der Waals surface area contributed by atoms with Crippen LogP contribution in [0.5, 0.6) is 0 Å². The molecule has 6 nitrogen and oxygen atoms in total. The van der Waals surface area contributed by atoms with Gasteiger partial charge in [-0.3, -0.25) is 0 Å². The smallest absolute Gasteiger partial charge is 0.111 e. The van der Waals surface area contributed by atoms with Crippen molar-refractivity contribution in [1.82, 2.24) is 0 Å². The van der Waals surface area contributed by atoms with Crippen LogP contribution in [0.25, 0.3) is 11.1 Å². The van der Waals surface area contributed by atoms with E-state index >= 15 is 0 Å². The highest BCUT2D eigenvalue weighted by Crippen LogP contribution is 2.29. The lowest BCUT2D eigenvalue weighted by atomic mass is 10.0. The molecule has 0 bridgehead atoms. The van der Waals surface area contributed by atoms with Gasteiger partial charge in [0.15, 0.2) is 0 Å². The molecule has 0 spiro atoms. The molecule has 2 aromatic rings. The average molecular weight is 240 g/mol. The van der Waals surface area contributed by atoms with Gasteiger partial charge in [0, 0.05) is 5.69 Å². The third-order valence-corrected chi connectivity index (χ3v) is 2.47. The van der Waals surface area contributed by atoms with Gasteiger partial charge in [-0.05, 0) is 45.8 Å². The number of nitrogens with zero attached hydrogens (tertiary/aromatic N) is 3. The van der Waals surface area contributed by atoms with Crippen LogP contribution in [0, 0.1) is 5.53 Å². The number of rotatable bonds is 3. The van der Waals surface area contributed by atoms with Crippen molar-refractivity contribution < 1.29 is 0 Å². The minimum absolute atomic E-state index is 0.486. The highest BCUT2D eigenvalue weighted by Gasteiger charge is 2.02. The second-order valence-corrected chi connectivity index (χ2v) is 3.69. The number of anilines is 2. The average Bonchev–Trinajstić information content (AvgIpc) is 2.39. The molecule has 0 amide bonds. The molecule has 0 saturated carbocycles. The zero-order valence-corrected chi connectivity index (χ0v) is 9.54. The third-order valence-electron chi connectivity index (χ3n) is 2.47. The van der Waals surface area contributed by atoms with Crippen LogP contribution in [-0.2, 0) is 0 Å². The summed E-state index contributed by atoms with van der Waals surface area (Å²) in [6, 6.07) is 12.9. The van der Waals surface area contributed by atoms with Gasteiger partial charge in [-0.15, -0.1) is 5.11 Å². The first-order chi connectivity index (χ1) is 8.70. The van der Waals surface area contributed by atoms with E-state index in [4.69, 9.17) is 17.0 Å². The molecule has 0 heterocycles. The van der Waals surface area contributed by atoms with Gasteiger partial charge in [0.2, 0.25) is 0 Å². The highest BCUT2D eigenvalue weighted by atomic mass is 15.4. The number of benzene rings is 2. The molecule has 6 heteroatoms. The molecule has 5 N–H and O–H groups in total. The fraction of sp³-hybridized carbons (Fsp3) is 0. The Bertz CT molecular complexity index is 588. The molecule has 18 heavy (non-hydrogen) atoms. The lowest BCUT2D eigenvalue weighted by molar-refractivity contribution is 0.910. The van der Waals surface area contributed by atoms with Gasteiger partial charge in [-0.2, -0.15) is 5.53 Å². The summed E-state index contributed by atoms with van der Waals surface area (Å²) in [5, 5.41) is 9.84. The van der Waals surface area contributed by atoms with Gasteiger partial charge < -0.3 is 11.5 Å². The first-order valence-electron chi connectivity index (χ1n) is 5.23. The Morgan fingerprint density at radius 2 is 1.56 bits per heavy atom. The molecule has 0 atom stereocenters. The van der Waals surface area contributed by atoms with Crippen LogP contribution in [0.1, 0.15) is 0 Å². The Morgan fingerprint density at radius 3 is 2.22 bits per heavy atom. The second kappa shape index (κ2) is 5.05. The number of nitrogen functional groups attached to an aromatic ring is 2. The van der Waals surface area contributed by atoms with Crippen molar-refractivity contribution in [3.63, 3.8) is 0 Å². The lowest BCUT2D eigenvalue weighted by Crippen LogP contribution is -1.87. The Kier molecular flexibility index (Phi) is 3.29. The van der Waals surface area contributed by atoms with E-state index in [-0.39, 0.29) is 0 Å². The van der Waals surface area contributed by atoms with Crippen molar-refractivity contribution in [2.75, 3.05) is 11.5 Å². The van der Waals surface area contributed by atoms with Crippen molar-refractivity contribution in [3.05, 3.63) is 42.5 Å². The lowest BCUT2D eigenvalue weighted by Gasteiger charge is -2.05. The van der Waals surface area contributed by atoms with Crippen LogP contribution in [-0.4, -0.2) is 0 Å². The van der Waals surface area contributed by atoms with Gasteiger partial charge in [-0.25, -0.2) is 0 Å². The summed E-state index contributed by atoms with van der Waals surface area (Å²) >= 11 is 0. The quantitative estimate of drug-likeness (QED) is 0.432.